The molecular weight excluding hydrogens is 524 g/mol. The summed E-state index contributed by atoms with van der Waals surface area (Å²) in [5, 5.41) is 20.8. The number of carbonyl (C=O) groups is 2. The second-order valence-corrected chi connectivity index (χ2v) is 12.3. The van der Waals surface area contributed by atoms with Gasteiger partial charge in [0, 0.05) is 18.5 Å². The second kappa shape index (κ2) is 11.4. The molecule has 2 N–H and O–H groups in total. The van der Waals surface area contributed by atoms with Crippen LogP contribution in [0.3, 0.4) is 0 Å². The lowest BCUT2D eigenvalue weighted by Gasteiger charge is -2.29. The van der Waals surface area contributed by atoms with Crippen LogP contribution in [0.4, 0.5) is 10.5 Å². The molecule has 0 spiro atoms. The molecule has 3 rings (SSSR count). The highest BCUT2D eigenvalue weighted by Crippen LogP contribution is 2.31. The average Bonchev–Trinajstić information content (AvgIpc) is 3.32. The molecule has 0 aliphatic heterocycles. The molecule has 0 fully saturated rings. The van der Waals surface area contributed by atoms with Gasteiger partial charge in [0.05, 0.1) is 17.5 Å². The lowest BCUT2D eigenvalue weighted by molar-refractivity contribution is 0.0443. The highest BCUT2D eigenvalue weighted by atomic mass is 32.2. The Morgan fingerprint density at radius 3 is 2.31 bits per heavy atom. The van der Waals surface area contributed by atoms with Gasteiger partial charge in [-0.1, -0.05) is 37.3 Å². The molecule has 1 aromatic heterocycles. The van der Waals surface area contributed by atoms with E-state index in [1.54, 1.807) is 27.7 Å². The third-order valence-corrected chi connectivity index (χ3v) is 6.80. The van der Waals surface area contributed by atoms with Gasteiger partial charge >= 0.3 is 12.1 Å². The molecule has 0 aliphatic carbocycles. The number of sulfonamides is 1. The average molecular weight is 559 g/mol. The van der Waals surface area contributed by atoms with Crippen molar-refractivity contribution in [3.63, 3.8) is 0 Å². The number of benzene rings is 2. The summed E-state index contributed by atoms with van der Waals surface area (Å²) in [4.78, 5) is 24.6. The highest BCUT2D eigenvalue weighted by Gasteiger charge is 2.37. The number of alkyl carbamates (subject to hydrolysis) is 1. The Labute approximate surface area is 228 Å². The predicted octanol–water partition coefficient (Wildman–Crippen LogP) is 4.59. The van der Waals surface area contributed by atoms with Crippen LogP contribution in [0.1, 0.15) is 62.9 Å². The van der Waals surface area contributed by atoms with Crippen molar-refractivity contribution in [1.82, 2.24) is 15.5 Å². The smallest absolute Gasteiger partial charge is 0.408 e. The van der Waals surface area contributed by atoms with Gasteiger partial charge in [0.15, 0.2) is 0 Å². The van der Waals surface area contributed by atoms with Crippen LogP contribution in [0.5, 0.6) is 0 Å². The van der Waals surface area contributed by atoms with E-state index in [9.17, 15) is 23.1 Å². The zero-order valence-corrected chi connectivity index (χ0v) is 23.7. The van der Waals surface area contributed by atoms with Gasteiger partial charge in [0.2, 0.25) is 21.8 Å². The lowest BCUT2D eigenvalue weighted by atomic mass is 9.92. The first-order valence-electron chi connectivity index (χ1n) is 12.4. The number of carboxylic acid groups (broad SMARTS) is 1. The maximum absolute atomic E-state index is 12.8. The van der Waals surface area contributed by atoms with Gasteiger partial charge < -0.3 is 19.6 Å². The van der Waals surface area contributed by atoms with Crippen LogP contribution in [-0.2, 0) is 26.7 Å². The Bertz CT molecular complexity index is 1430. The van der Waals surface area contributed by atoms with Crippen molar-refractivity contribution in [1.29, 1.82) is 0 Å². The van der Waals surface area contributed by atoms with Crippen molar-refractivity contribution < 1.29 is 32.3 Å². The number of aromatic carboxylic acids is 1. The van der Waals surface area contributed by atoms with Crippen molar-refractivity contribution in [3.05, 3.63) is 65.5 Å². The minimum atomic E-state index is -3.69. The number of nitrogens with zero attached hydrogens (tertiary/aromatic N) is 3. The van der Waals surface area contributed by atoms with Crippen LogP contribution in [-0.4, -0.2) is 54.2 Å². The Morgan fingerprint density at radius 1 is 1.08 bits per heavy atom. The molecule has 0 aliphatic rings. The topological polar surface area (TPSA) is 152 Å². The molecular formula is C27H34N4O7S. The molecule has 0 saturated carbocycles. The third-order valence-electron chi connectivity index (χ3n) is 5.60. The fourth-order valence-electron chi connectivity index (χ4n) is 3.96. The molecule has 1 atom stereocenters. The van der Waals surface area contributed by atoms with E-state index in [1.807, 2.05) is 37.3 Å². The first-order chi connectivity index (χ1) is 18.1. The molecule has 12 heteroatoms. The van der Waals surface area contributed by atoms with Gasteiger partial charge in [-0.15, -0.1) is 10.2 Å². The maximum atomic E-state index is 12.8. The summed E-state index contributed by atoms with van der Waals surface area (Å²) in [7, 11) is -3.69. The first kappa shape index (κ1) is 29.6. The molecule has 2 aromatic carbocycles. The van der Waals surface area contributed by atoms with Crippen molar-refractivity contribution in [2.75, 3.05) is 17.1 Å². The van der Waals surface area contributed by atoms with Gasteiger partial charge in [-0.25, -0.2) is 18.0 Å². The largest absolute Gasteiger partial charge is 0.478 e. The Morgan fingerprint density at radius 2 is 1.74 bits per heavy atom. The zero-order valence-electron chi connectivity index (χ0n) is 22.9. The second-order valence-electron chi connectivity index (χ2n) is 10.4. The SMILES string of the molecule is CCCN(c1cc(C(=O)O)cc(-c2nnc([C@@](C)(Cc3ccccc3)NC(=O)OC(C)(C)C)o2)c1)S(C)(=O)=O. The third kappa shape index (κ3) is 7.79. The van der Waals surface area contributed by atoms with E-state index in [-0.39, 0.29) is 41.6 Å². The summed E-state index contributed by atoms with van der Waals surface area (Å²) >= 11 is 0. The number of hydrogen-bond donors (Lipinski definition) is 2. The predicted molar refractivity (Wildman–Crippen MR) is 146 cm³/mol. The number of aromatic nitrogens is 2. The van der Waals surface area contributed by atoms with Crippen LogP contribution in [0, 0.1) is 0 Å². The summed E-state index contributed by atoms with van der Waals surface area (Å²) in [6.45, 7) is 8.93. The molecule has 0 bridgehead atoms. The minimum absolute atomic E-state index is 0.0374. The number of rotatable bonds is 10. The summed E-state index contributed by atoms with van der Waals surface area (Å²) in [6.07, 6.45) is 1.17. The minimum Gasteiger partial charge on any atom is -0.478 e. The van der Waals surface area contributed by atoms with Gasteiger partial charge in [-0.2, -0.15) is 0 Å². The van der Waals surface area contributed by atoms with E-state index in [1.165, 1.54) is 18.2 Å². The van der Waals surface area contributed by atoms with Gasteiger partial charge in [-0.05, 0) is 57.9 Å². The lowest BCUT2D eigenvalue weighted by Crippen LogP contribution is -2.47. The van der Waals surface area contributed by atoms with Gasteiger partial charge in [-0.3, -0.25) is 4.31 Å². The van der Waals surface area contributed by atoms with Crippen LogP contribution in [0.15, 0.2) is 52.9 Å². The molecule has 0 radical (unpaired) electrons. The number of amides is 1. The first-order valence-corrected chi connectivity index (χ1v) is 14.2. The normalized spacial score (nSPS) is 13.4. The van der Waals surface area contributed by atoms with E-state index in [0.29, 0.717) is 6.42 Å². The number of ether oxygens (including phenoxy) is 1. The fourth-order valence-corrected chi connectivity index (χ4v) is 4.96. The van der Waals surface area contributed by atoms with Crippen molar-refractivity contribution >= 4 is 27.8 Å². The Kier molecular flexibility index (Phi) is 8.69. The zero-order chi connectivity index (χ0) is 29.0. The Balaban J connectivity index is 2.08. The molecule has 0 unspecified atom stereocenters. The summed E-state index contributed by atoms with van der Waals surface area (Å²) in [5.41, 5.74) is -0.820. The van der Waals surface area contributed by atoms with E-state index >= 15 is 0 Å². The van der Waals surface area contributed by atoms with Crippen molar-refractivity contribution in [2.45, 2.75) is 58.6 Å². The highest BCUT2D eigenvalue weighted by molar-refractivity contribution is 7.92. The number of nitrogens with one attached hydrogen (secondary N) is 1. The summed E-state index contributed by atoms with van der Waals surface area (Å²) in [5.74, 6) is -1.23. The molecule has 210 valence electrons. The fraction of sp³-hybridized carbons (Fsp3) is 0.407. The summed E-state index contributed by atoms with van der Waals surface area (Å²) in [6, 6.07) is 13.5. The molecule has 39 heavy (non-hydrogen) atoms. The van der Waals surface area contributed by atoms with Crippen LogP contribution in [0.25, 0.3) is 11.5 Å². The molecule has 11 nitrogen and oxygen atoms in total. The quantitative estimate of drug-likeness (QED) is 0.364. The number of carbonyl (C=O) groups excluding carboxylic acids is 1. The molecule has 1 heterocycles. The summed E-state index contributed by atoms with van der Waals surface area (Å²) < 4.78 is 37.5. The number of carboxylic acids is 1. The standard InChI is InChI=1S/C27H34N4O7S/c1-7-13-31(39(6,35)36)21-15-19(14-20(16-21)23(32)33)22-29-30-24(37-22)27(5,17-18-11-9-8-10-12-18)28-25(34)38-26(2,3)4/h8-12,14-16H,7,13,17H2,1-6H3,(H,28,34)(H,32,33)/t27-/m1/s1. The molecule has 3 aromatic rings. The number of hydrogen-bond acceptors (Lipinski definition) is 8. The van der Waals surface area contributed by atoms with Crippen LogP contribution >= 0.6 is 0 Å². The monoisotopic (exact) mass is 558 g/mol. The van der Waals surface area contributed by atoms with Crippen LogP contribution in [0.2, 0.25) is 0 Å². The number of anilines is 1. The van der Waals surface area contributed by atoms with Gasteiger partial charge in [0.25, 0.3) is 0 Å². The maximum Gasteiger partial charge on any atom is 0.408 e. The molecule has 1 amide bonds. The van der Waals surface area contributed by atoms with E-state index in [4.69, 9.17) is 9.15 Å². The van der Waals surface area contributed by atoms with Crippen LogP contribution < -0.4 is 9.62 Å². The molecule has 0 saturated heterocycles. The van der Waals surface area contributed by atoms with Gasteiger partial charge in [0.1, 0.15) is 11.1 Å². The van der Waals surface area contributed by atoms with E-state index in [2.05, 4.69) is 15.5 Å². The van der Waals surface area contributed by atoms with E-state index in [0.717, 1.165) is 16.1 Å². The van der Waals surface area contributed by atoms with E-state index < -0.39 is 33.2 Å². The van der Waals surface area contributed by atoms with Crippen molar-refractivity contribution in [3.8, 4) is 11.5 Å². The Hall–Kier alpha value is -3.93. The van der Waals surface area contributed by atoms with Crippen molar-refractivity contribution in [2.24, 2.45) is 0 Å².